The fourth-order valence-electron chi connectivity index (χ4n) is 1.70. The number of carboxylic acids is 1. The largest absolute Gasteiger partial charge is 0.481 e. The molecule has 1 aromatic heterocycles. The molecule has 0 amide bonds. The third-order valence-corrected chi connectivity index (χ3v) is 4.40. The standard InChI is InChI=1S/C13H11BrN2O4S/c14-11-5-8(16(19)20)1-4-12(11)15-7-10-3-2-9(21-10)6-13(17)18/h1-5,15H,6-7H2,(H,17,18). The van der Waals surface area contributed by atoms with Crippen molar-refractivity contribution in [3.8, 4) is 0 Å². The Morgan fingerprint density at radius 3 is 2.67 bits per heavy atom. The molecule has 1 heterocycles. The molecular weight excluding hydrogens is 360 g/mol. The van der Waals surface area contributed by atoms with Gasteiger partial charge in [0.05, 0.1) is 11.3 Å². The first-order valence-electron chi connectivity index (χ1n) is 5.93. The molecule has 0 saturated carbocycles. The molecule has 0 saturated heterocycles. The molecule has 0 aliphatic rings. The maximum atomic E-state index is 10.7. The maximum absolute atomic E-state index is 10.7. The van der Waals surface area contributed by atoms with Crippen molar-refractivity contribution in [1.29, 1.82) is 0 Å². The second kappa shape index (κ2) is 6.68. The van der Waals surface area contributed by atoms with Crippen molar-refractivity contribution in [3.63, 3.8) is 0 Å². The summed E-state index contributed by atoms with van der Waals surface area (Å²) in [5, 5.41) is 22.5. The number of benzene rings is 1. The molecule has 110 valence electrons. The molecule has 8 heteroatoms. The summed E-state index contributed by atoms with van der Waals surface area (Å²) in [4.78, 5) is 22.6. The number of halogens is 1. The van der Waals surface area contributed by atoms with Crippen LogP contribution in [0, 0.1) is 10.1 Å². The third kappa shape index (κ3) is 4.27. The Morgan fingerprint density at radius 2 is 2.05 bits per heavy atom. The number of carbonyl (C=O) groups is 1. The number of thiophene rings is 1. The third-order valence-electron chi connectivity index (χ3n) is 2.66. The van der Waals surface area contributed by atoms with Gasteiger partial charge >= 0.3 is 5.97 Å². The van der Waals surface area contributed by atoms with E-state index in [4.69, 9.17) is 5.11 Å². The second-order valence-electron chi connectivity index (χ2n) is 4.21. The van der Waals surface area contributed by atoms with Gasteiger partial charge in [-0.15, -0.1) is 11.3 Å². The van der Waals surface area contributed by atoms with Crippen LogP contribution in [0.25, 0.3) is 0 Å². The van der Waals surface area contributed by atoms with Crippen molar-refractivity contribution in [3.05, 3.63) is 54.7 Å². The molecule has 0 fully saturated rings. The van der Waals surface area contributed by atoms with Gasteiger partial charge in [-0.05, 0) is 34.1 Å². The van der Waals surface area contributed by atoms with E-state index in [1.54, 1.807) is 12.1 Å². The number of nitro benzene ring substituents is 1. The van der Waals surface area contributed by atoms with Gasteiger partial charge < -0.3 is 10.4 Å². The topological polar surface area (TPSA) is 92.5 Å². The Balaban J connectivity index is 2.01. The summed E-state index contributed by atoms with van der Waals surface area (Å²) in [6, 6.07) is 8.16. The Labute approximate surface area is 132 Å². The smallest absolute Gasteiger partial charge is 0.308 e. The van der Waals surface area contributed by atoms with E-state index in [0.29, 0.717) is 11.0 Å². The molecule has 0 unspecified atom stereocenters. The number of aliphatic carboxylic acids is 1. The zero-order chi connectivity index (χ0) is 15.4. The van der Waals surface area contributed by atoms with Crippen molar-refractivity contribution in [2.75, 3.05) is 5.32 Å². The second-order valence-corrected chi connectivity index (χ2v) is 6.32. The van der Waals surface area contributed by atoms with Crippen LogP contribution in [0.4, 0.5) is 11.4 Å². The van der Waals surface area contributed by atoms with Crippen LogP contribution in [0.5, 0.6) is 0 Å². The fourth-order valence-corrected chi connectivity index (χ4v) is 3.16. The van der Waals surface area contributed by atoms with Crippen LogP contribution in [0.1, 0.15) is 9.75 Å². The van der Waals surface area contributed by atoms with E-state index in [1.807, 2.05) is 6.07 Å². The van der Waals surface area contributed by atoms with Crippen molar-refractivity contribution in [2.24, 2.45) is 0 Å². The summed E-state index contributed by atoms with van der Waals surface area (Å²) in [5.41, 5.74) is 0.765. The molecule has 2 aromatic rings. The first-order chi connectivity index (χ1) is 9.95. The molecule has 0 bridgehead atoms. The highest BCUT2D eigenvalue weighted by Gasteiger charge is 2.09. The summed E-state index contributed by atoms with van der Waals surface area (Å²) in [5.74, 6) is -0.852. The van der Waals surface area contributed by atoms with Gasteiger partial charge in [-0.1, -0.05) is 0 Å². The number of hydrogen-bond donors (Lipinski definition) is 2. The zero-order valence-electron chi connectivity index (χ0n) is 10.7. The number of nitrogens with one attached hydrogen (secondary N) is 1. The Kier molecular flexibility index (Phi) is 4.92. The Morgan fingerprint density at radius 1 is 1.33 bits per heavy atom. The van der Waals surface area contributed by atoms with Gasteiger partial charge in [-0.25, -0.2) is 0 Å². The van der Waals surface area contributed by atoms with E-state index < -0.39 is 10.9 Å². The molecule has 6 nitrogen and oxygen atoms in total. The number of anilines is 1. The molecule has 0 atom stereocenters. The van der Waals surface area contributed by atoms with Crippen LogP contribution in [0.15, 0.2) is 34.8 Å². The fraction of sp³-hybridized carbons (Fsp3) is 0.154. The molecule has 0 radical (unpaired) electrons. The molecule has 21 heavy (non-hydrogen) atoms. The van der Waals surface area contributed by atoms with E-state index in [-0.39, 0.29) is 12.1 Å². The summed E-state index contributed by atoms with van der Waals surface area (Å²) >= 11 is 4.71. The molecule has 0 aliphatic heterocycles. The van der Waals surface area contributed by atoms with Gasteiger partial charge in [-0.2, -0.15) is 0 Å². The number of nitrogens with zero attached hydrogens (tertiary/aromatic N) is 1. The lowest BCUT2D eigenvalue weighted by molar-refractivity contribution is -0.384. The van der Waals surface area contributed by atoms with Gasteiger partial charge in [0.2, 0.25) is 0 Å². The molecule has 0 spiro atoms. The van der Waals surface area contributed by atoms with Gasteiger partial charge in [0.1, 0.15) is 0 Å². The summed E-state index contributed by atoms with van der Waals surface area (Å²) < 4.78 is 0.610. The van der Waals surface area contributed by atoms with Crippen LogP contribution in [-0.2, 0) is 17.8 Å². The van der Waals surface area contributed by atoms with Crippen molar-refractivity contribution >= 4 is 44.6 Å². The van der Waals surface area contributed by atoms with E-state index in [9.17, 15) is 14.9 Å². The van der Waals surface area contributed by atoms with Crippen LogP contribution < -0.4 is 5.32 Å². The van der Waals surface area contributed by atoms with Crippen LogP contribution >= 0.6 is 27.3 Å². The number of non-ortho nitro benzene ring substituents is 1. The van der Waals surface area contributed by atoms with Crippen LogP contribution in [0.2, 0.25) is 0 Å². The normalized spacial score (nSPS) is 10.3. The average molecular weight is 371 g/mol. The minimum absolute atomic E-state index is 0.0197. The van der Waals surface area contributed by atoms with Crippen molar-refractivity contribution in [2.45, 2.75) is 13.0 Å². The van der Waals surface area contributed by atoms with Crippen molar-refractivity contribution < 1.29 is 14.8 Å². The molecular formula is C13H11BrN2O4S. The predicted molar refractivity (Wildman–Crippen MR) is 83.8 cm³/mol. The van der Waals surface area contributed by atoms with Gasteiger partial charge in [0, 0.05) is 38.6 Å². The lowest BCUT2D eigenvalue weighted by atomic mass is 10.3. The van der Waals surface area contributed by atoms with Gasteiger partial charge in [-0.3, -0.25) is 14.9 Å². The lowest BCUT2D eigenvalue weighted by Crippen LogP contribution is -1.99. The van der Waals surface area contributed by atoms with Crippen molar-refractivity contribution in [1.82, 2.24) is 0 Å². The van der Waals surface area contributed by atoms with Gasteiger partial charge in [0.15, 0.2) is 0 Å². The number of carboxylic acid groups (broad SMARTS) is 1. The van der Waals surface area contributed by atoms with E-state index in [1.165, 1.54) is 23.5 Å². The minimum atomic E-state index is -0.852. The zero-order valence-corrected chi connectivity index (χ0v) is 13.1. The van der Waals surface area contributed by atoms with Crippen LogP contribution in [-0.4, -0.2) is 16.0 Å². The van der Waals surface area contributed by atoms with E-state index in [0.717, 1.165) is 15.4 Å². The van der Waals surface area contributed by atoms with E-state index in [2.05, 4.69) is 21.2 Å². The Bertz CT molecular complexity index is 687. The quantitative estimate of drug-likeness (QED) is 0.597. The average Bonchev–Trinajstić information content (AvgIpc) is 2.83. The highest BCUT2D eigenvalue weighted by atomic mass is 79.9. The Hall–Kier alpha value is -1.93. The molecule has 2 N–H and O–H groups in total. The number of hydrogen-bond acceptors (Lipinski definition) is 5. The minimum Gasteiger partial charge on any atom is -0.481 e. The highest BCUT2D eigenvalue weighted by Crippen LogP contribution is 2.28. The lowest BCUT2D eigenvalue weighted by Gasteiger charge is -2.07. The van der Waals surface area contributed by atoms with Gasteiger partial charge in [0.25, 0.3) is 5.69 Å². The molecule has 2 rings (SSSR count). The highest BCUT2D eigenvalue weighted by molar-refractivity contribution is 9.10. The first-order valence-corrected chi connectivity index (χ1v) is 7.54. The number of rotatable bonds is 6. The van der Waals surface area contributed by atoms with E-state index >= 15 is 0 Å². The monoisotopic (exact) mass is 370 g/mol. The summed E-state index contributed by atoms with van der Waals surface area (Å²) in [6.07, 6.45) is 0.0197. The maximum Gasteiger partial charge on any atom is 0.308 e. The summed E-state index contributed by atoms with van der Waals surface area (Å²) in [7, 11) is 0. The molecule has 1 aromatic carbocycles. The summed E-state index contributed by atoms with van der Waals surface area (Å²) in [6.45, 7) is 0.528. The predicted octanol–water partition coefficient (Wildman–Crippen LogP) is 3.66. The molecule has 0 aliphatic carbocycles. The first kappa shape index (κ1) is 15.5. The number of nitro groups is 1. The van der Waals surface area contributed by atoms with Crippen LogP contribution in [0.3, 0.4) is 0 Å². The SMILES string of the molecule is O=C(O)Cc1ccc(CNc2ccc([N+](=O)[O-])cc2Br)s1.